The molecular formula is C33H42N2O6. The van der Waals surface area contributed by atoms with E-state index in [1.54, 1.807) is 14.2 Å². The van der Waals surface area contributed by atoms with Crippen molar-refractivity contribution in [2.24, 2.45) is 0 Å². The molecule has 4 rings (SSSR count). The number of methoxy groups -OCH3 is 2. The molecule has 3 aromatic rings. The molecule has 220 valence electrons. The lowest BCUT2D eigenvalue weighted by atomic mass is 9.78. The van der Waals surface area contributed by atoms with E-state index in [4.69, 9.17) is 19.3 Å². The first-order valence-electron chi connectivity index (χ1n) is 14.3. The number of ether oxygens (including phenoxy) is 3. The molecule has 1 aliphatic rings. The van der Waals surface area contributed by atoms with E-state index in [0.29, 0.717) is 26.1 Å². The third-order valence-electron chi connectivity index (χ3n) is 7.85. The molecule has 0 aliphatic carbocycles. The minimum absolute atomic E-state index is 0.128. The van der Waals surface area contributed by atoms with E-state index in [0.717, 1.165) is 60.4 Å². The summed E-state index contributed by atoms with van der Waals surface area (Å²) < 4.78 is 18.0. The van der Waals surface area contributed by atoms with E-state index >= 15 is 0 Å². The Morgan fingerprint density at radius 1 is 0.878 bits per heavy atom. The average molecular weight is 563 g/mol. The van der Waals surface area contributed by atoms with E-state index in [1.807, 2.05) is 42.5 Å². The highest BCUT2D eigenvalue weighted by Crippen LogP contribution is 2.45. The van der Waals surface area contributed by atoms with Crippen LogP contribution in [0.3, 0.4) is 0 Å². The summed E-state index contributed by atoms with van der Waals surface area (Å²) in [6.45, 7) is 2.23. The molecule has 0 saturated carbocycles. The molecule has 3 aromatic carbocycles. The van der Waals surface area contributed by atoms with E-state index < -0.39 is 17.8 Å². The van der Waals surface area contributed by atoms with Crippen molar-refractivity contribution in [3.05, 3.63) is 95.6 Å². The monoisotopic (exact) mass is 562 g/mol. The zero-order valence-electron chi connectivity index (χ0n) is 24.0. The first-order valence-corrected chi connectivity index (χ1v) is 14.3. The van der Waals surface area contributed by atoms with Crippen molar-refractivity contribution in [2.45, 2.75) is 56.5 Å². The van der Waals surface area contributed by atoms with E-state index in [1.165, 1.54) is 0 Å². The number of aliphatic hydroxyl groups is 1. The minimum atomic E-state index is -0.984. The predicted molar refractivity (Wildman–Crippen MR) is 158 cm³/mol. The maximum absolute atomic E-state index is 11.0. The fourth-order valence-electron chi connectivity index (χ4n) is 5.80. The van der Waals surface area contributed by atoms with Gasteiger partial charge in [-0.2, -0.15) is 0 Å². The maximum atomic E-state index is 11.0. The summed E-state index contributed by atoms with van der Waals surface area (Å²) in [6, 6.07) is 26.1. The third-order valence-corrected chi connectivity index (χ3v) is 7.85. The number of carbonyl (C=O) groups is 1. The van der Waals surface area contributed by atoms with Crippen LogP contribution in [0.2, 0.25) is 0 Å². The number of likely N-dealkylation sites (tertiary alicyclic amines) is 1. The van der Waals surface area contributed by atoms with E-state index in [-0.39, 0.29) is 6.04 Å². The Bertz CT molecular complexity index is 1160. The lowest BCUT2D eigenvalue weighted by Crippen LogP contribution is -2.50. The highest BCUT2D eigenvalue weighted by atomic mass is 16.5. The normalized spacial score (nSPS) is 17.3. The molecule has 0 bridgehead atoms. The number of nitrogens with zero attached hydrogens (tertiary/aromatic N) is 1. The second-order valence-corrected chi connectivity index (χ2v) is 10.5. The average Bonchev–Trinajstić information content (AvgIpc) is 3.38. The van der Waals surface area contributed by atoms with Crippen LogP contribution in [0.5, 0.6) is 11.5 Å². The predicted octanol–water partition coefficient (Wildman–Crippen LogP) is 5.43. The van der Waals surface area contributed by atoms with Crippen molar-refractivity contribution in [3.8, 4) is 11.5 Å². The third kappa shape index (κ3) is 7.79. The van der Waals surface area contributed by atoms with Crippen LogP contribution in [0.25, 0.3) is 0 Å². The number of β-amino-alcohol motifs (C(OH)–C–C–N with tert-alkyl or cyclic N) is 1. The van der Waals surface area contributed by atoms with Crippen LogP contribution in [0.4, 0.5) is 4.79 Å². The number of aliphatic hydroxyl groups excluding tert-OH is 1. The maximum Gasteiger partial charge on any atom is 0.404 e. The van der Waals surface area contributed by atoms with Gasteiger partial charge >= 0.3 is 6.09 Å². The second kappa shape index (κ2) is 14.9. The van der Waals surface area contributed by atoms with Crippen LogP contribution in [-0.2, 0) is 16.9 Å². The summed E-state index contributed by atoms with van der Waals surface area (Å²) in [5.41, 5.74) is 2.17. The molecule has 41 heavy (non-hydrogen) atoms. The van der Waals surface area contributed by atoms with Gasteiger partial charge in [-0.1, -0.05) is 67.4 Å². The van der Waals surface area contributed by atoms with Crippen molar-refractivity contribution < 1.29 is 29.2 Å². The smallest absolute Gasteiger partial charge is 0.404 e. The molecule has 0 aromatic heterocycles. The number of hydrogen-bond acceptors (Lipinski definition) is 6. The first-order chi connectivity index (χ1) is 20.0. The topological polar surface area (TPSA) is 100 Å². The van der Waals surface area contributed by atoms with Crippen LogP contribution < -0.4 is 14.8 Å². The summed E-state index contributed by atoms with van der Waals surface area (Å²) >= 11 is 0. The summed E-state index contributed by atoms with van der Waals surface area (Å²) in [5, 5.41) is 22.2. The SMILES string of the molecule is COc1ccc(C(OCc2ccccc2)(c2ccc(OC)cc2)C2CC(O)CN2CCCCCCNC(=O)O)cc1. The van der Waals surface area contributed by atoms with Gasteiger partial charge in [0.25, 0.3) is 0 Å². The number of unbranched alkanes of at least 4 members (excludes halogenated alkanes) is 3. The van der Waals surface area contributed by atoms with Crippen molar-refractivity contribution in [3.63, 3.8) is 0 Å². The Labute approximate surface area is 242 Å². The van der Waals surface area contributed by atoms with Crippen LogP contribution in [-0.4, -0.2) is 67.2 Å². The summed E-state index contributed by atoms with van der Waals surface area (Å²) in [7, 11) is 3.31. The number of nitrogens with one attached hydrogen (secondary N) is 1. The molecule has 1 fully saturated rings. The fraction of sp³-hybridized carbons (Fsp3) is 0.424. The highest BCUT2D eigenvalue weighted by molar-refractivity contribution is 5.64. The Morgan fingerprint density at radius 3 is 2.02 bits per heavy atom. The van der Waals surface area contributed by atoms with Gasteiger partial charge in [-0.15, -0.1) is 0 Å². The molecule has 1 heterocycles. The van der Waals surface area contributed by atoms with E-state index in [9.17, 15) is 9.90 Å². The van der Waals surface area contributed by atoms with Crippen molar-refractivity contribution in [1.29, 1.82) is 0 Å². The Kier molecular flexibility index (Phi) is 11.0. The number of hydrogen-bond donors (Lipinski definition) is 3. The number of amides is 1. The number of carboxylic acid groups (broad SMARTS) is 1. The molecule has 0 radical (unpaired) electrons. The van der Waals surface area contributed by atoms with Gasteiger partial charge in [-0.05, 0) is 66.8 Å². The molecule has 8 nitrogen and oxygen atoms in total. The van der Waals surface area contributed by atoms with Gasteiger partial charge in [0.2, 0.25) is 0 Å². The molecule has 0 spiro atoms. The summed E-state index contributed by atoms with van der Waals surface area (Å²) in [6.07, 6.45) is 2.77. The molecule has 1 aliphatic heterocycles. The molecular weight excluding hydrogens is 520 g/mol. The molecule has 8 heteroatoms. The van der Waals surface area contributed by atoms with Gasteiger partial charge in [0.05, 0.1) is 26.9 Å². The van der Waals surface area contributed by atoms with Gasteiger partial charge in [0.15, 0.2) is 0 Å². The standard InChI is InChI=1S/C33H42N2O6/c1-39-29-16-12-26(13-17-29)33(27-14-18-30(40-2)19-15-27,41-24-25-10-6-5-7-11-25)31-22-28(36)23-35(31)21-9-4-3-8-20-34-32(37)38/h5-7,10-19,28,31,34,36H,3-4,8-9,20-24H2,1-2H3,(H,37,38). The van der Waals surface area contributed by atoms with Crippen LogP contribution in [0, 0.1) is 0 Å². The fourth-order valence-corrected chi connectivity index (χ4v) is 5.80. The summed E-state index contributed by atoms with van der Waals surface area (Å²) in [4.78, 5) is 13.1. The van der Waals surface area contributed by atoms with Crippen molar-refractivity contribution in [1.82, 2.24) is 10.2 Å². The lowest BCUT2D eigenvalue weighted by molar-refractivity contribution is -0.0811. The Morgan fingerprint density at radius 2 is 1.46 bits per heavy atom. The van der Waals surface area contributed by atoms with Crippen LogP contribution in [0.15, 0.2) is 78.9 Å². The van der Waals surface area contributed by atoms with Gasteiger partial charge < -0.3 is 29.7 Å². The quantitative estimate of drug-likeness (QED) is 0.213. The molecule has 2 unspecified atom stereocenters. The van der Waals surface area contributed by atoms with Crippen LogP contribution in [0.1, 0.15) is 48.8 Å². The summed E-state index contributed by atoms with van der Waals surface area (Å²) in [5.74, 6) is 1.53. The molecule has 1 amide bonds. The largest absolute Gasteiger partial charge is 0.497 e. The molecule has 2 atom stereocenters. The van der Waals surface area contributed by atoms with Crippen molar-refractivity contribution >= 4 is 6.09 Å². The molecule has 1 saturated heterocycles. The number of rotatable bonds is 15. The van der Waals surface area contributed by atoms with E-state index in [2.05, 4.69) is 46.6 Å². The minimum Gasteiger partial charge on any atom is -0.497 e. The zero-order chi connectivity index (χ0) is 29.1. The number of benzene rings is 3. The zero-order valence-corrected chi connectivity index (χ0v) is 24.0. The lowest BCUT2D eigenvalue weighted by Gasteiger charge is -2.44. The van der Waals surface area contributed by atoms with Crippen molar-refractivity contribution in [2.75, 3.05) is 33.9 Å². The van der Waals surface area contributed by atoms with Gasteiger partial charge in [-0.25, -0.2) is 4.79 Å². The highest BCUT2D eigenvalue weighted by Gasteiger charge is 2.50. The molecule has 3 N–H and O–H groups in total. The van der Waals surface area contributed by atoms with Gasteiger partial charge in [0, 0.05) is 19.1 Å². The Balaban J connectivity index is 1.68. The first kappa shape index (κ1) is 30.4. The van der Waals surface area contributed by atoms with Gasteiger partial charge in [0.1, 0.15) is 17.1 Å². The Hall–Kier alpha value is -3.59. The second-order valence-electron chi connectivity index (χ2n) is 10.5. The van der Waals surface area contributed by atoms with Gasteiger partial charge in [-0.3, -0.25) is 4.90 Å². The van der Waals surface area contributed by atoms with Crippen LogP contribution >= 0.6 is 0 Å².